The Morgan fingerprint density at radius 3 is 2.04 bits per heavy atom. The second kappa shape index (κ2) is 7.53. The first-order chi connectivity index (χ1) is 11.6. The van der Waals surface area contributed by atoms with Crippen molar-refractivity contribution in [3.05, 3.63) is 29.8 Å². The SMILES string of the molecule is CC(c1ccc(S(N)(=O)=O)cc1)N(C)C(=O)C1CCC(C(=O)O)CC1. The topological polar surface area (TPSA) is 118 Å². The van der Waals surface area contributed by atoms with E-state index in [0.717, 1.165) is 5.56 Å². The van der Waals surface area contributed by atoms with Gasteiger partial charge in [-0.05, 0) is 50.3 Å². The van der Waals surface area contributed by atoms with Gasteiger partial charge in [0.15, 0.2) is 0 Å². The molecule has 1 fully saturated rings. The minimum Gasteiger partial charge on any atom is -0.481 e. The Bertz CT molecular complexity index is 737. The standard InChI is InChI=1S/C17H24N2O5S/c1-11(12-7-9-15(10-8-12)25(18,23)24)19(2)16(20)13-3-5-14(6-4-13)17(21)22/h7-11,13-14H,3-6H2,1-2H3,(H,21,22)(H2,18,23,24). The van der Waals surface area contributed by atoms with Gasteiger partial charge in [0.2, 0.25) is 15.9 Å². The van der Waals surface area contributed by atoms with Gasteiger partial charge in [0.05, 0.1) is 16.9 Å². The third-order valence-corrected chi connectivity index (χ3v) is 5.97. The number of carboxylic acid groups (broad SMARTS) is 1. The number of primary sulfonamides is 1. The second-order valence-electron chi connectivity index (χ2n) is 6.63. The molecule has 0 spiro atoms. The van der Waals surface area contributed by atoms with Crippen molar-refractivity contribution in [3.8, 4) is 0 Å². The summed E-state index contributed by atoms with van der Waals surface area (Å²) >= 11 is 0. The maximum absolute atomic E-state index is 12.7. The Balaban J connectivity index is 2.03. The Hall–Kier alpha value is -1.93. The largest absolute Gasteiger partial charge is 0.481 e. The normalized spacial score (nSPS) is 22.2. The van der Waals surface area contributed by atoms with Gasteiger partial charge < -0.3 is 10.0 Å². The van der Waals surface area contributed by atoms with Crippen molar-refractivity contribution < 1.29 is 23.1 Å². The van der Waals surface area contributed by atoms with Crippen molar-refractivity contribution in [3.63, 3.8) is 0 Å². The molecule has 0 heterocycles. The van der Waals surface area contributed by atoms with Crippen molar-refractivity contribution in [2.75, 3.05) is 7.05 Å². The molecule has 25 heavy (non-hydrogen) atoms. The summed E-state index contributed by atoms with van der Waals surface area (Å²) in [5.41, 5.74) is 0.808. The zero-order valence-corrected chi connectivity index (χ0v) is 15.2. The van der Waals surface area contributed by atoms with E-state index in [-0.39, 0.29) is 28.7 Å². The zero-order valence-electron chi connectivity index (χ0n) is 14.4. The number of nitrogens with zero attached hydrogens (tertiary/aromatic N) is 1. The molecule has 0 saturated heterocycles. The predicted molar refractivity (Wildman–Crippen MR) is 92.1 cm³/mol. The number of aliphatic carboxylic acids is 1. The molecule has 138 valence electrons. The average Bonchev–Trinajstić information content (AvgIpc) is 2.59. The molecule has 0 aromatic heterocycles. The first kappa shape index (κ1) is 19.4. The van der Waals surface area contributed by atoms with Crippen LogP contribution in [0.2, 0.25) is 0 Å². The molecule has 1 atom stereocenters. The van der Waals surface area contributed by atoms with E-state index in [9.17, 15) is 18.0 Å². The van der Waals surface area contributed by atoms with Crippen LogP contribution < -0.4 is 5.14 Å². The number of hydrogen-bond donors (Lipinski definition) is 2. The summed E-state index contributed by atoms with van der Waals surface area (Å²) in [6.07, 6.45) is 2.21. The maximum Gasteiger partial charge on any atom is 0.306 e. The van der Waals surface area contributed by atoms with Crippen LogP contribution in [0.4, 0.5) is 0 Å². The first-order valence-corrected chi connectivity index (χ1v) is 9.78. The second-order valence-corrected chi connectivity index (χ2v) is 8.19. The lowest BCUT2D eigenvalue weighted by atomic mass is 9.81. The quantitative estimate of drug-likeness (QED) is 0.821. The summed E-state index contributed by atoms with van der Waals surface area (Å²) in [5.74, 6) is -1.31. The molecular formula is C17H24N2O5S. The maximum atomic E-state index is 12.7. The molecule has 1 amide bonds. The van der Waals surface area contributed by atoms with E-state index < -0.39 is 16.0 Å². The number of rotatable bonds is 5. The van der Waals surface area contributed by atoms with E-state index in [2.05, 4.69) is 0 Å². The van der Waals surface area contributed by atoms with Crippen LogP contribution in [0.25, 0.3) is 0 Å². The highest BCUT2D eigenvalue weighted by Gasteiger charge is 2.32. The van der Waals surface area contributed by atoms with Crippen molar-refractivity contribution in [1.82, 2.24) is 4.90 Å². The van der Waals surface area contributed by atoms with Gasteiger partial charge in [-0.3, -0.25) is 9.59 Å². The molecule has 1 aromatic carbocycles. The fraction of sp³-hybridized carbons (Fsp3) is 0.529. The Labute approximate surface area is 147 Å². The highest BCUT2D eigenvalue weighted by atomic mass is 32.2. The van der Waals surface area contributed by atoms with Crippen LogP contribution in [0.3, 0.4) is 0 Å². The van der Waals surface area contributed by atoms with E-state index >= 15 is 0 Å². The third-order valence-electron chi connectivity index (χ3n) is 5.05. The van der Waals surface area contributed by atoms with Gasteiger partial charge in [-0.1, -0.05) is 12.1 Å². The lowest BCUT2D eigenvalue weighted by Crippen LogP contribution is -2.37. The highest BCUT2D eigenvalue weighted by Crippen LogP contribution is 2.32. The molecule has 0 radical (unpaired) electrons. The van der Waals surface area contributed by atoms with E-state index in [1.807, 2.05) is 6.92 Å². The number of carbonyl (C=O) groups excluding carboxylic acids is 1. The van der Waals surface area contributed by atoms with Gasteiger partial charge >= 0.3 is 5.97 Å². The minimum atomic E-state index is -3.74. The Morgan fingerprint density at radius 2 is 1.60 bits per heavy atom. The van der Waals surface area contributed by atoms with Crippen LogP contribution in [0.1, 0.15) is 44.2 Å². The van der Waals surface area contributed by atoms with Gasteiger partial charge in [-0.25, -0.2) is 13.6 Å². The van der Waals surface area contributed by atoms with E-state index in [0.29, 0.717) is 25.7 Å². The molecule has 2 rings (SSSR count). The number of amides is 1. The number of nitrogens with two attached hydrogens (primary N) is 1. The van der Waals surface area contributed by atoms with E-state index in [4.69, 9.17) is 10.2 Å². The van der Waals surface area contributed by atoms with Crippen LogP contribution >= 0.6 is 0 Å². The molecular weight excluding hydrogens is 344 g/mol. The molecule has 0 bridgehead atoms. The lowest BCUT2D eigenvalue weighted by molar-refractivity contribution is -0.145. The smallest absolute Gasteiger partial charge is 0.306 e. The van der Waals surface area contributed by atoms with Crippen LogP contribution in [-0.2, 0) is 19.6 Å². The van der Waals surface area contributed by atoms with Crippen molar-refractivity contribution in [2.45, 2.75) is 43.5 Å². The average molecular weight is 368 g/mol. The number of sulfonamides is 1. The van der Waals surface area contributed by atoms with E-state index in [1.165, 1.54) is 12.1 Å². The van der Waals surface area contributed by atoms with E-state index in [1.54, 1.807) is 24.1 Å². The first-order valence-electron chi connectivity index (χ1n) is 8.23. The summed E-state index contributed by atoms with van der Waals surface area (Å²) < 4.78 is 22.6. The Morgan fingerprint density at radius 1 is 1.12 bits per heavy atom. The predicted octanol–water partition coefficient (Wildman–Crippen LogP) is 1.74. The molecule has 1 unspecified atom stereocenters. The summed E-state index contributed by atoms with van der Waals surface area (Å²) in [5, 5.41) is 14.1. The number of benzene rings is 1. The number of carbonyl (C=O) groups is 2. The van der Waals surface area contributed by atoms with Gasteiger partial charge in [-0.15, -0.1) is 0 Å². The molecule has 7 nitrogen and oxygen atoms in total. The van der Waals surface area contributed by atoms with Gasteiger partial charge in [0.25, 0.3) is 0 Å². The monoisotopic (exact) mass is 368 g/mol. The summed E-state index contributed by atoms with van der Waals surface area (Å²) in [4.78, 5) is 25.4. The zero-order chi connectivity index (χ0) is 18.8. The van der Waals surface area contributed by atoms with Gasteiger partial charge in [-0.2, -0.15) is 0 Å². The van der Waals surface area contributed by atoms with Crippen molar-refractivity contribution >= 4 is 21.9 Å². The number of hydrogen-bond acceptors (Lipinski definition) is 4. The molecule has 1 saturated carbocycles. The lowest BCUT2D eigenvalue weighted by Gasteiger charge is -2.32. The molecule has 1 aliphatic carbocycles. The molecule has 8 heteroatoms. The minimum absolute atomic E-state index is 0.00754. The Kier molecular flexibility index (Phi) is 5.84. The number of carboxylic acids is 1. The van der Waals surface area contributed by atoms with Gasteiger partial charge in [0.1, 0.15) is 0 Å². The van der Waals surface area contributed by atoms with Gasteiger partial charge in [0, 0.05) is 13.0 Å². The van der Waals surface area contributed by atoms with Crippen molar-refractivity contribution in [2.24, 2.45) is 17.0 Å². The molecule has 1 aromatic rings. The third kappa shape index (κ3) is 4.58. The van der Waals surface area contributed by atoms with Crippen LogP contribution in [0.15, 0.2) is 29.2 Å². The molecule has 1 aliphatic rings. The van der Waals surface area contributed by atoms with Crippen LogP contribution in [0.5, 0.6) is 0 Å². The molecule has 0 aliphatic heterocycles. The summed E-state index contributed by atoms with van der Waals surface area (Å²) in [6.45, 7) is 1.87. The highest BCUT2D eigenvalue weighted by molar-refractivity contribution is 7.89. The van der Waals surface area contributed by atoms with Crippen molar-refractivity contribution in [1.29, 1.82) is 0 Å². The summed E-state index contributed by atoms with van der Waals surface area (Å²) in [7, 11) is -2.03. The molecule has 3 N–H and O–H groups in total. The van der Waals surface area contributed by atoms with Crippen LogP contribution in [0, 0.1) is 11.8 Å². The fourth-order valence-electron chi connectivity index (χ4n) is 3.23. The fourth-order valence-corrected chi connectivity index (χ4v) is 3.74. The van der Waals surface area contributed by atoms with Crippen LogP contribution in [-0.4, -0.2) is 37.3 Å². The summed E-state index contributed by atoms with van der Waals surface area (Å²) in [6, 6.07) is 5.93.